The zero-order valence-corrected chi connectivity index (χ0v) is 18.2. The van der Waals surface area contributed by atoms with Crippen molar-refractivity contribution in [2.45, 2.75) is 19.1 Å². The largest absolute Gasteiger partial charge is 0.349 e. The van der Waals surface area contributed by atoms with E-state index in [0.717, 1.165) is 28.7 Å². The highest BCUT2D eigenvalue weighted by molar-refractivity contribution is 7.13. The molecule has 6 rings (SSSR count). The van der Waals surface area contributed by atoms with Crippen LogP contribution >= 0.6 is 11.3 Å². The molecule has 0 spiro atoms. The van der Waals surface area contributed by atoms with E-state index >= 15 is 0 Å². The first-order valence-corrected chi connectivity index (χ1v) is 11.3. The zero-order valence-electron chi connectivity index (χ0n) is 17.4. The summed E-state index contributed by atoms with van der Waals surface area (Å²) in [6.45, 7) is 0.767. The topological polar surface area (TPSA) is 83.4 Å². The van der Waals surface area contributed by atoms with Crippen LogP contribution in [0.1, 0.15) is 27.8 Å². The number of hydrogen-bond acceptors (Lipinski definition) is 6. The Bertz CT molecular complexity index is 1360. The van der Waals surface area contributed by atoms with E-state index in [4.69, 9.17) is 0 Å². The fourth-order valence-corrected chi connectivity index (χ4v) is 5.47. The standard InChI is InChI=1S/C23H20N6O2S/c1-27-17-8-4-3-7-16(17)22(31)28-11-10-15-14-6-2-5-9-18(14)29(20(15)21(27)28)12-19(30)25-23-26-24-13-32-23/h2-9,13,21H,10-12H2,1H3,(H,25,26,30). The van der Waals surface area contributed by atoms with E-state index in [1.165, 1.54) is 16.9 Å². The molecule has 1 N–H and O–H groups in total. The van der Waals surface area contributed by atoms with Crippen LogP contribution in [0, 0.1) is 0 Å². The molecule has 0 aliphatic carbocycles. The van der Waals surface area contributed by atoms with Gasteiger partial charge >= 0.3 is 0 Å². The van der Waals surface area contributed by atoms with Crippen LogP contribution in [0.25, 0.3) is 10.9 Å². The molecule has 8 nitrogen and oxygen atoms in total. The van der Waals surface area contributed by atoms with Crippen LogP contribution in [-0.4, -0.2) is 45.1 Å². The number of nitrogens with zero attached hydrogens (tertiary/aromatic N) is 5. The number of benzene rings is 2. The summed E-state index contributed by atoms with van der Waals surface area (Å²) in [4.78, 5) is 30.4. The minimum Gasteiger partial charge on any atom is -0.349 e. The van der Waals surface area contributed by atoms with E-state index in [9.17, 15) is 9.59 Å². The van der Waals surface area contributed by atoms with Crippen molar-refractivity contribution in [3.05, 3.63) is 70.9 Å². The lowest BCUT2D eigenvalue weighted by Gasteiger charge is -2.46. The predicted molar refractivity (Wildman–Crippen MR) is 123 cm³/mol. The summed E-state index contributed by atoms with van der Waals surface area (Å²) >= 11 is 1.28. The molecule has 160 valence electrons. The lowest BCUT2D eigenvalue weighted by atomic mass is 9.96. The van der Waals surface area contributed by atoms with Crippen LogP contribution in [0.15, 0.2) is 54.0 Å². The molecular weight excluding hydrogens is 424 g/mol. The molecule has 2 aliphatic rings. The summed E-state index contributed by atoms with van der Waals surface area (Å²) in [6.07, 6.45) is 0.474. The lowest BCUT2D eigenvalue weighted by Crippen LogP contribution is -2.51. The van der Waals surface area contributed by atoms with Gasteiger partial charge in [-0.2, -0.15) is 0 Å². The van der Waals surface area contributed by atoms with Gasteiger partial charge in [0.15, 0.2) is 0 Å². The number of nitrogens with one attached hydrogen (secondary N) is 1. The molecule has 1 unspecified atom stereocenters. The quantitative estimate of drug-likeness (QED) is 0.524. The summed E-state index contributed by atoms with van der Waals surface area (Å²) in [5, 5.41) is 12.1. The molecule has 1 atom stereocenters. The first-order valence-electron chi connectivity index (χ1n) is 10.4. The molecule has 2 aliphatic heterocycles. The van der Waals surface area contributed by atoms with Crippen molar-refractivity contribution in [3.8, 4) is 0 Å². The van der Waals surface area contributed by atoms with Crippen LogP contribution in [0.3, 0.4) is 0 Å². The Morgan fingerprint density at radius 1 is 1.19 bits per heavy atom. The molecule has 32 heavy (non-hydrogen) atoms. The molecule has 4 aromatic rings. The molecule has 0 saturated carbocycles. The number of para-hydroxylation sites is 2. The number of carbonyl (C=O) groups is 2. The van der Waals surface area contributed by atoms with E-state index in [-0.39, 0.29) is 24.5 Å². The Balaban J connectivity index is 1.50. The minimum absolute atomic E-state index is 0.0319. The van der Waals surface area contributed by atoms with Crippen LogP contribution in [0.2, 0.25) is 0 Å². The van der Waals surface area contributed by atoms with Crippen molar-refractivity contribution in [1.82, 2.24) is 19.7 Å². The van der Waals surface area contributed by atoms with Gasteiger partial charge in [0, 0.05) is 24.5 Å². The van der Waals surface area contributed by atoms with E-state index in [0.29, 0.717) is 17.2 Å². The highest BCUT2D eigenvalue weighted by Gasteiger charge is 2.42. The van der Waals surface area contributed by atoms with Crippen LogP contribution in [0.5, 0.6) is 0 Å². The van der Waals surface area contributed by atoms with E-state index < -0.39 is 0 Å². The second kappa shape index (κ2) is 7.16. The molecule has 0 saturated heterocycles. The van der Waals surface area contributed by atoms with Crippen LogP contribution < -0.4 is 10.2 Å². The summed E-state index contributed by atoms with van der Waals surface area (Å²) in [5.41, 5.74) is 6.39. The summed E-state index contributed by atoms with van der Waals surface area (Å²) < 4.78 is 2.05. The molecule has 9 heteroatoms. The van der Waals surface area contributed by atoms with Gasteiger partial charge in [-0.1, -0.05) is 41.7 Å². The predicted octanol–water partition coefficient (Wildman–Crippen LogP) is 3.28. The summed E-state index contributed by atoms with van der Waals surface area (Å²) in [7, 11) is 2.02. The normalized spacial score (nSPS) is 17.2. The van der Waals surface area contributed by atoms with Gasteiger partial charge in [0.1, 0.15) is 18.2 Å². The van der Waals surface area contributed by atoms with E-state index in [2.05, 4.69) is 31.0 Å². The first-order chi connectivity index (χ1) is 15.6. The molecule has 0 fully saturated rings. The van der Waals surface area contributed by atoms with Crippen LogP contribution in [0.4, 0.5) is 10.8 Å². The third-order valence-corrected chi connectivity index (χ3v) is 6.92. The average molecular weight is 445 g/mol. The molecule has 4 heterocycles. The smallest absolute Gasteiger partial charge is 0.257 e. The molecule has 0 radical (unpaired) electrons. The van der Waals surface area contributed by atoms with Crippen molar-refractivity contribution in [2.24, 2.45) is 0 Å². The monoisotopic (exact) mass is 444 g/mol. The maximum absolute atomic E-state index is 13.4. The minimum atomic E-state index is -0.275. The van der Waals surface area contributed by atoms with Crippen molar-refractivity contribution in [2.75, 3.05) is 23.8 Å². The molecule has 2 amide bonds. The van der Waals surface area contributed by atoms with Gasteiger partial charge in [-0.15, -0.1) is 10.2 Å². The highest BCUT2D eigenvalue weighted by Crippen LogP contribution is 2.44. The van der Waals surface area contributed by atoms with Gasteiger partial charge < -0.3 is 14.4 Å². The maximum atomic E-state index is 13.4. The van der Waals surface area contributed by atoms with Gasteiger partial charge in [0.05, 0.1) is 16.9 Å². The first kappa shape index (κ1) is 19.0. The summed E-state index contributed by atoms with van der Waals surface area (Å²) in [6, 6.07) is 15.8. The number of hydrogen-bond donors (Lipinski definition) is 1. The molecule has 2 aromatic carbocycles. The highest BCUT2D eigenvalue weighted by atomic mass is 32.1. The SMILES string of the molecule is CN1c2ccccc2C(=O)N2CCc3c(n(CC(=O)Nc4nncs4)c4ccccc34)C21. The molecule has 0 bridgehead atoms. The fraction of sp³-hybridized carbons (Fsp3) is 0.217. The van der Waals surface area contributed by atoms with Gasteiger partial charge in [-0.3, -0.25) is 14.9 Å². The van der Waals surface area contributed by atoms with Crippen molar-refractivity contribution in [3.63, 3.8) is 0 Å². The molecule has 2 aromatic heterocycles. The van der Waals surface area contributed by atoms with Gasteiger partial charge in [0.2, 0.25) is 11.0 Å². The average Bonchev–Trinajstić information content (AvgIpc) is 3.43. The number of anilines is 2. The van der Waals surface area contributed by atoms with Crippen molar-refractivity contribution < 1.29 is 9.59 Å². The lowest BCUT2D eigenvalue weighted by molar-refractivity contribution is -0.116. The fourth-order valence-electron chi connectivity index (χ4n) is 5.01. The number of rotatable bonds is 3. The van der Waals surface area contributed by atoms with E-state index in [1.54, 1.807) is 5.51 Å². The summed E-state index contributed by atoms with van der Waals surface area (Å²) in [5.74, 6) is -0.142. The number of amides is 2. The Labute approximate surface area is 188 Å². The second-order valence-electron chi connectivity index (χ2n) is 8.01. The Morgan fingerprint density at radius 2 is 2.00 bits per heavy atom. The molecular formula is C23H20N6O2S. The Kier molecular flexibility index (Phi) is 4.25. The number of carbonyl (C=O) groups excluding carboxylic acids is 2. The zero-order chi connectivity index (χ0) is 21.8. The Hall–Kier alpha value is -3.72. The number of aromatic nitrogens is 3. The third-order valence-electron chi connectivity index (χ3n) is 6.31. The third kappa shape index (κ3) is 2.74. The Morgan fingerprint density at radius 3 is 2.84 bits per heavy atom. The van der Waals surface area contributed by atoms with Crippen molar-refractivity contribution in [1.29, 1.82) is 0 Å². The van der Waals surface area contributed by atoms with Crippen LogP contribution in [-0.2, 0) is 17.8 Å². The van der Waals surface area contributed by atoms with Gasteiger partial charge in [-0.25, -0.2) is 0 Å². The van der Waals surface area contributed by atoms with Crippen molar-refractivity contribution >= 4 is 44.9 Å². The number of fused-ring (bicyclic) bond motifs is 6. The van der Waals surface area contributed by atoms with E-state index in [1.807, 2.05) is 54.4 Å². The van der Waals surface area contributed by atoms with Gasteiger partial charge in [0.25, 0.3) is 5.91 Å². The maximum Gasteiger partial charge on any atom is 0.257 e. The van der Waals surface area contributed by atoms with Gasteiger partial charge in [-0.05, 0) is 30.2 Å². The second-order valence-corrected chi connectivity index (χ2v) is 8.84.